The van der Waals surface area contributed by atoms with E-state index in [1.807, 2.05) is 31.2 Å². The summed E-state index contributed by atoms with van der Waals surface area (Å²) in [6.45, 7) is 3.76. The third-order valence-corrected chi connectivity index (χ3v) is 5.77. The average molecular weight is 420 g/mol. The molecule has 1 unspecified atom stereocenters. The number of benzene rings is 1. The van der Waals surface area contributed by atoms with E-state index >= 15 is 0 Å². The predicted molar refractivity (Wildman–Crippen MR) is 111 cm³/mol. The Labute approximate surface area is 169 Å². The number of carbonyl (C=O) groups excluding carboxylic acids is 1. The minimum absolute atomic E-state index is 0. The molecule has 0 bridgehead atoms. The van der Waals surface area contributed by atoms with Crippen molar-refractivity contribution in [3.05, 3.63) is 45.9 Å². The molecular formula is C17H23Cl2N3OS2. The van der Waals surface area contributed by atoms with Gasteiger partial charge in [0.25, 0.3) is 5.91 Å². The number of thioether (sulfide) groups is 1. The van der Waals surface area contributed by atoms with E-state index in [0.29, 0.717) is 12.6 Å². The molecule has 2 N–H and O–H groups in total. The Morgan fingerprint density at radius 3 is 2.88 bits per heavy atom. The number of hydrogen-bond acceptors (Lipinski definition) is 5. The number of aryl methyl sites for hydroxylation is 1. The van der Waals surface area contributed by atoms with Gasteiger partial charge in [-0.2, -0.15) is 0 Å². The van der Waals surface area contributed by atoms with Crippen LogP contribution < -0.4 is 10.6 Å². The lowest BCUT2D eigenvalue weighted by Crippen LogP contribution is -2.37. The first-order chi connectivity index (χ1) is 11.2. The fourth-order valence-corrected chi connectivity index (χ4v) is 4.31. The third-order valence-electron chi connectivity index (χ3n) is 3.85. The predicted octanol–water partition coefficient (Wildman–Crippen LogP) is 4.07. The van der Waals surface area contributed by atoms with Crippen LogP contribution in [0.15, 0.2) is 34.5 Å². The summed E-state index contributed by atoms with van der Waals surface area (Å²) in [4.78, 5) is 18.0. The minimum atomic E-state index is 0. The number of carbonyl (C=O) groups is 1. The van der Waals surface area contributed by atoms with Crippen molar-refractivity contribution in [1.29, 1.82) is 0 Å². The maximum Gasteiger partial charge on any atom is 0.252 e. The zero-order valence-electron chi connectivity index (χ0n) is 14.0. The maximum atomic E-state index is 12.5. The number of nitrogens with zero attached hydrogens (tertiary/aromatic N) is 1. The van der Waals surface area contributed by atoms with Crippen LogP contribution in [-0.4, -0.2) is 30.0 Å². The lowest BCUT2D eigenvalue weighted by atomic mass is 10.2. The molecule has 25 heavy (non-hydrogen) atoms. The van der Waals surface area contributed by atoms with E-state index in [2.05, 4.69) is 21.0 Å². The molecule has 0 aliphatic carbocycles. The molecule has 1 aliphatic heterocycles. The Morgan fingerprint density at radius 1 is 1.40 bits per heavy atom. The van der Waals surface area contributed by atoms with Gasteiger partial charge in [0.2, 0.25) is 0 Å². The van der Waals surface area contributed by atoms with Crippen molar-refractivity contribution in [3.8, 4) is 0 Å². The molecule has 1 aromatic heterocycles. The molecule has 0 saturated carbocycles. The van der Waals surface area contributed by atoms with Gasteiger partial charge in [0.15, 0.2) is 0 Å². The standard InChI is InChI=1S/C17H21N3OS2.2ClH/c1-12-20-14(10-22-12)11-23-16-7-3-2-6-15(16)17(21)19-9-13-5-4-8-18-13;;/h2-3,6-7,10,13,18H,4-5,8-9,11H2,1H3,(H,19,21);2*1H. The summed E-state index contributed by atoms with van der Waals surface area (Å²) in [6, 6.07) is 8.21. The van der Waals surface area contributed by atoms with Crippen LogP contribution in [0.25, 0.3) is 0 Å². The van der Waals surface area contributed by atoms with E-state index in [9.17, 15) is 4.79 Å². The topological polar surface area (TPSA) is 54.0 Å². The number of amides is 1. The summed E-state index contributed by atoms with van der Waals surface area (Å²) in [6.07, 6.45) is 2.33. The number of hydrogen-bond donors (Lipinski definition) is 2. The molecule has 1 atom stereocenters. The SMILES string of the molecule is Cc1nc(CSc2ccccc2C(=O)NCC2CCCN2)cs1.Cl.Cl. The lowest BCUT2D eigenvalue weighted by Gasteiger charge is -2.13. The summed E-state index contributed by atoms with van der Waals surface area (Å²) in [5.41, 5.74) is 1.82. The number of halogens is 2. The number of thiazole rings is 1. The van der Waals surface area contributed by atoms with Crippen LogP contribution in [0.3, 0.4) is 0 Å². The van der Waals surface area contributed by atoms with E-state index in [1.54, 1.807) is 23.1 Å². The van der Waals surface area contributed by atoms with Crippen LogP contribution in [0.1, 0.15) is 33.9 Å². The molecular weight excluding hydrogens is 397 g/mol. The second-order valence-corrected chi connectivity index (χ2v) is 7.73. The Balaban J connectivity index is 0.00000156. The van der Waals surface area contributed by atoms with E-state index in [-0.39, 0.29) is 30.7 Å². The molecule has 138 valence electrons. The van der Waals surface area contributed by atoms with Crippen molar-refractivity contribution in [1.82, 2.24) is 15.6 Å². The zero-order chi connectivity index (χ0) is 16.1. The minimum Gasteiger partial charge on any atom is -0.350 e. The Hall–Kier alpha value is -0.790. The number of rotatable bonds is 6. The summed E-state index contributed by atoms with van der Waals surface area (Å²) >= 11 is 3.33. The summed E-state index contributed by atoms with van der Waals surface area (Å²) < 4.78 is 0. The quantitative estimate of drug-likeness (QED) is 0.692. The van der Waals surface area contributed by atoms with Gasteiger partial charge >= 0.3 is 0 Å². The Bertz CT molecular complexity index is 675. The molecule has 2 aromatic rings. The Morgan fingerprint density at radius 2 is 2.20 bits per heavy atom. The van der Waals surface area contributed by atoms with Crippen LogP contribution >= 0.6 is 47.9 Å². The molecule has 1 fully saturated rings. The highest BCUT2D eigenvalue weighted by molar-refractivity contribution is 7.98. The summed E-state index contributed by atoms with van der Waals surface area (Å²) in [5, 5.41) is 9.61. The smallest absolute Gasteiger partial charge is 0.252 e. The zero-order valence-corrected chi connectivity index (χ0v) is 17.3. The molecule has 1 aromatic carbocycles. The van der Waals surface area contributed by atoms with Crippen molar-refractivity contribution < 1.29 is 4.79 Å². The first-order valence-electron chi connectivity index (χ1n) is 7.87. The van der Waals surface area contributed by atoms with Crippen molar-refractivity contribution >= 4 is 53.8 Å². The van der Waals surface area contributed by atoms with Gasteiger partial charge in [-0.1, -0.05) is 12.1 Å². The first kappa shape index (κ1) is 22.3. The molecule has 1 amide bonds. The van der Waals surface area contributed by atoms with Crippen LogP contribution in [0, 0.1) is 6.92 Å². The van der Waals surface area contributed by atoms with E-state index in [1.165, 1.54) is 6.42 Å². The lowest BCUT2D eigenvalue weighted by molar-refractivity contribution is 0.0947. The normalized spacial score (nSPS) is 16.0. The van der Waals surface area contributed by atoms with Gasteiger partial charge in [0.05, 0.1) is 16.3 Å². The van der Waals surface area contributed by atoms with Crippen LogP contribution in [-0.2, 0) is 5.75 Å². The van der Waals surface area contributed by atoms with E-state index < -0.39 is 0 Å². The summed E-state index contributed by atoms with van der Waals surface area (Å²) in [5.74, 6) is 0.801. The van der Waals surface area contributed by atoms with E-state index in [4.69, 9.17) is 0 Å². The molecule has 8 heteroatoms. The number of aromatic nitrogens is 1. The second kappa shape index (κ2) is 11.0. The molecule has 2 heterocycles. The molecule has 3 rings (SSSR count). The fraction of sp³-hybridized carbons (Fsp3) is 0.412. The van der Waals surface area contributed by atoms with Gasteiger partial charge in [0, 0.05) is 28.6 Å². The van der Waals surface area contributed by atoms with Gasteiger partial charge in [-0.15, -0.1) is 47.9 Å². The third kappa shape index (κ3) is 6.46. The van der Waals surface area contributed by atoms with Gasteiger partial charge in [-0.25, -0.2) is 4.98 Å². The monoisotopic (exact) mass is 419 g/mol. The van der Waals surface area contributed by atoms with Crippen molar-refractivity contribution in [2.75, 3.05) is 13.1 Å². The van der Waals surface area contributed by atoms with Crippen molar-refractivity contribution in [2.45, 2.75) is 36.5 Å². The van der Waals surface area contributed by atoms with Crippen molar-refractivity contribution in [3.63, 3.8) is 0 Å². The highest BCUT2D eigenvalue weighted by Gasteiger charge is 2.17. The molecule has 0 spiro atoms. The maximum absolute atomic E-state index is 12.5. The highest BCUT2D eigenvalue weighted by Crippen LogP contribution is 2.26. The largest absolute Gasteiger partial charge is 0.350 e. The number of nitrogens with one attached hydrogen (secondary N) is 2. The van der Waals surface area contributed by atoms with Crippen LogP contribution in [0.5, 0.6) is 0 Å². The molecule has 4 nitrogen and oxygen atoms in total. The van der Waals surface area contributed by atoms with Gasteiger partial charge in [0.1, 0.15) is 0 Å². The van der Waals surface area contributed by atoms with Gasteiger partial charge in [-0.3, -0.25) is 4.79 Å². The van der Waals surface area contributed by atoms with Crippen LogP contribution in [0.2, 0.25) is 0 Å². The van der Waals surface area contributed by atoms with Gasteiger partial charge in [-0.05, 0) is 38.4 Å². The first-order valence-corrected chi connectivity index (χ1v) is 9.73. The average Bonchev–Trinajstić information content (AvgIpc) is 3.22. The Kier molecular flexibility index (Phi) is 9.82. The fourth-order valence-electron chi connectivity index (χ4n) is 2.65. The molecule has 0 radical (unpaired) electrons. The van der Waals surface area contributed by atoms with Gasteiger partial charge < -0.3 is 10.6 Å². The molecule has 1 aliphatic rings. The van der Waals surface area contributed by atoms with Crippen molar-refractivity contribution in [2.24, 2.45) is 0 Å². The van der Waals surface area contributed by atoms with E-state index in [0.717, 1.165) is 39.9 Å². The van der Waals surface area contributed by atoms with Crippen LogP contribution in [0.4, 0.5) is 0 Å². The molecule has 1 saturated heterocycles. The second-order valence-electron chi connectivity index (χ2n) is 5.65. The highest BCUT2D eigenvalue weighted by atomic mass is 35.5. The summed E-state index contributed by atoms with van der Waals surface area (Å²) in [7, 11) is 0.